The zero-order valence-corrected chi connectivity index (χ0v) is 14.3. The van der Waals surface area contributed by atoms with Crippen LogP contribution in [0, 0.1) is 6.92 Å². The predicted octanol–water partition coefficient (Wildman–Crippen LogP) is 0.911. The largest absolute Gasteiger partial charge is 0.505 e. The van der Waals surface area contributed by atoms with E-state index in [2.05, 4.69) is 20.6 Å². The van der Waals surface area contributed by atoms with Gasteiger partial charge in [-0.15, -0.1) is 5.10 Å². The molecule has 3 aromatic rings. The second kappa shape index (κ2) is 7.15. The van der Waals surface area contributed by atoms with Crippen LogP contribution in [0.15, 0.2) is 29.5 Å². The van der Waals surface area contributed by atoms with Gasteiger partial charge in [-0.3, -0.25) is 4.79 Å². The zero-order chi connectivity index (χ0) is 20.4. The van der Waals surface area contributed by atoms with E-state index in [1.165, 1.54) is 29.2 Å². The lowest BCUT2D eigenvalue weighted by atomic mass is 10.1. The van der Waals surface area contributed by atoms with Crippen molar-refractivity contribution in [1.82, 2.24) is 20.2 Å². The van der Waals surface area contributed by atoms with E-state index in [0.29, 0.717) is 11.8 Å². The molecule has 0 spiro atoms. The number of pyridine rings is 1. The number of aryl methyl sites for hydroxylation is 1. The van der Waals surface area contributed by atoms with Crippen molar-refractivity contribution in [3.05, 3.63) is 46.8 Å². The lowest BCUT2D eigenvalue weighted by Crippen LogP contribution is -2.06. The first-order valence-electron chi connectivity index (χ1n) is 7.75. The Morgan fingerprint density at radius 2 is 1.82 bits per heavy atom. The van der Waals surface area contributed by atoms with Crippen molar-refractivity contribution in [1.29, 1.82) is 0 Å². The summed E-state index contributed by atoms with van der Waals surface area (Å²) < 4.78 is 1.25. The molecule has 11 heteroatoms. The Labute approximate surface area is 156 Å². The van der Waals surface area contributed by atoms with E-state index < -0.39 is 11.9 Å². The SMILES string of the molecule is Cc1nc2nn(-c3cc(C(=O)O)cc(C(=O)O)c3)cc2c(C=NNC=O)c1O. The highest BCUT2D eigenvalue weighted by Gasteiger charge is 2.17. The lowest BCUT2D eigenvalue weighted by Gasteiger charge is -2.05. The first-order chi connectivity index (χ1) is 13.3. The maximum absolute atomic E-state index is 11.3. The number of hydrazone groups is 1. The molecule has 0 aliphatic carbocycles. The Balaban J connectivity index is 2.23. The smallest absolute Gasteiger partial charge is 0.335 e. The molecule has 3 rings (SSSR count). The number of aromatic nitrogens is 3. The Morgan fingerprint density at radius 3 is 2.39 bits per heavy atom. The molecule has 0 atom stereocenters. The highest BCUT2D eigenvalue weighted by molar-refractivity contribution is 6.00. The van der Waals surface area contributed by atoms with Crippen LogP contribution >= 0.6 is 0 Å². The van der Waals surface area contributed by atoms with Gasteiger partial charge in [-0.1, -0.05) is 0 Å². The number of carbonyl (C=O) groups excluding carboxylic acids is 1. The molecule has 0 fully saturated rings. The summed E-state index contributed by atoms with van der Waals surface area (Å²) in [6.45, 7) is 1.55. The molecule has 2 heterocycles. The number of amides is 1. The monoisotopic (exact) mass is 383 g/mol. The van der Waals surface area contributed by atoms with Crippen molar-refractivity contribution in [2.75, 3.05) is 0 Å². The molecular formula is C17H13N5O6. The summed E-state index contributed by atoms with van der Waals surface area (Å²) in [4.78, 5) is 37.1. The molecule has 4 N–H and O–H groups in total. The fourth-order valence-electron chi connectivity index (χ4n) is 2.56. The van der Waals surface area contributed by atoms with Gasteiger partial charge in [0.15, 0.2) is 5.65 Å². The Morgan fingerprint density at radius 1 is 1.18 bits per heavy atom. The molecule has 0 saturated carbocycles. The van der Waals surface area contributed by atoms with Gasteiger partial charge in [0, 0.05) is 6.20 Å². The summed E-state index contributed by atoms with van der Waals surface area (Å²) >= 11 is 0. The molecule has 2 aromatic heterocycles. The summed E-state index contributed by atoms with van der Waals surface area (Å²) in [6.07, 6.45) is 3.01. The summed E-state index contributed by atoms with van der Waals surface area (Å²) in [5, 5.41) is 36.9. The average molecular weight is 383 g/mol. The van der Waals surface area contributed by atoms with E-state index in [-0.39, 0.29) is 39.5 Å². The third-order valence-corrected chi connectivity index (χ3v) is 3.85. The van der Waals surface area contributed by atoms with E-state index in [1.54, 1.807) is 6.92 Å². The molecule has 0 unspecified atom stereocenters. The molecule has 0 saturated heterocycles. The van der Waals surface area contributed by atoms with E-state index in [9.17, 15) is 29.7 Å². The number of carbonyl (C=O) groups is 3. The van der Waals surface area contributed by atoms with Crippen molar-refractivity contribution >= 4 is 35.6 Å². The van der Waals surface area contributed by atoms with Gasteiger partial charge in [0.2, 0.25) is 6.41 Å². The van der Waals surface area contributed by atoms with Gasteiger partial charge >= 0.3 is 11.9 Å². The third kappa shape index (κ3) is 3.35. The van der Waals surface area contributed by atoms with E-state index in [4.69, 9.17) is 0 Å². The number of aromatic hydroxyl groups is 1. The second-order valence-electron chi connectivity index (χ2n) is 5.65. The van der Waals surface area contributed by atoms with Crippen LogP contribution in [0.1, 0.15) is 32.0 Å². The second-order valence-corrected chi connectivity index (χ2v) is 5.65. The number of hydrogen-bond donors (Lipinski definition) is 4. The normalized spacial score (nSPS) is 11.0. The maximum atomic E-state index is 11.3. The third-order valence-electron chi connectivity index (χ3n) is 3.85. The topological polar surface area (TPSA) is 167 Å². The maximum Gasteiger partial charge on any atom is 0.335 e. The van der Waals surface area contributed by atoms with Crippen LogP contribution in [0.4, 0.5) is 0 Å². The molecule has 11 nitrogen and oxygen atoms in total. The number of nitrogens with one attached hydrogen (secondary N) is 1. The number of fused-ring (bicyclic) bond motifs is 1. The van der Waals surface area contributed by atoms with Gasteiger partial charge < -0.3 is 15.3 Å². The van der Waals surface area contributed by atoms with E-state index in [0.717, 1.165) is 6.07 Å². The molecule has 28 heavy (non-hydrogen) atoms. The fourth-order valence-corrected chi connectivity index (χ4v) is 2.56. The molecule has 142 valence electrons. The first kappa shape index (κ1) is 18.5. The van der Waals surface area contributed by atoms with Gasteiger partial charge in [0.25, 0.3) is 0 Å². The Bertz CT molecular complexity index is 1120. The standard InChI is InChI=1S/C17H13N5O6/c1-8-14(24)12(5-18-19-7-23)13-6-22(21-15(13)20-8)11-3-9(16(25)26)2-10(4-11)17(27)28/h2-7,24H,1H3,(H,19,23)(H,25,26)(H,27,28). The molecule has 1 amide bonds. The number of hydrogen-bond acceptors (Lipinski definition) is 7. The number of carboxylic acid groups (broad SMARTS) is 2. The van der Waals surface area contributed by atoms with Crippen molar-refractivity contribution in [3.63, 3.8) is 0 Å². The molecular weight excluding hydrogens is 370 g/mol. The molecule has 0 aliphatic heterocycles. The molecule has 0 radical (unpaired) electrons. The minimum absolute atomic E-state index is 0.172. The predicted molar refractivity (Wildman–Crippen MR) is 96.0 cm³/mol. The van der Waals surface area contributed by atoms with Gasteiger partial charge in [-0.05, 0) is 25.1 Å². The van der Waals surface area contributed by atoms with Crippen LogP contribution < -0.4 is 5.43 Å². The van der Waals surface area contributed by atoms with Crippen molar-refractivity contribution in [2.45, 2.75) is 6.92 Å². The summed E-state index contributed by atoms with van der Waals surface area (Å²) in [5.74, 6) is -2.75. The quantitative estimate of drug-likeness (QED) is 0.277. The zero-order valence-electron chi connectivity index (χ0n) is 14.3. The lowest BCUT2D eigenvalue weighted by molar-refractivity contribution is -0.109. The molecule has 1 aromatic carbocycles. The fraction of sp³-hybridized carbons (Fsp3) is 0.0588. The van der Waals surface area contributed by atoms with Gasteiger partial charge in [0.05, 0.1) is 39.7 Å². The number of carboxylic acids is 2. The Hall–Kier alpha value is -4.28. The summed E-state index contributed by atoms with van der Waals surface area (Å²) in [5.41, 5.74) is 2.52. The van der Waals surface area contributed by atoms with Crippen molar-refractivity contribution in [2.24, 2.45) is 5.10 Å². The van der Waals surface area contributed by atoms with Crippen LogP contribution in [0.2, 0.25) is 0 Å². The number of rotatable bonds is 6. The van der Waals surface area contributed by atoms with Crippen LogP contribution in [-0.2, 0) is 4.79 Å². The van der Waals surface area contributed by atoms with Crippen molar-refractivity contribution < 1.29 is 29.7 Å². The minimum Gasteiger partial charge on any atom is -0.505 e. The summed E-state index contributed by atoms with van der Waals surface area (Å²) in [7, 11) is 0. The highest BCUT2D eigenvalue weighted by Crippen LogP contribution is 2.27. The Kier molecular flexibility index (Phi) is 4.73. The first-order valence-corrected chi connectivity index (χ1v) is 7.75. The molecule has 0 bridgehead atoms. The number of aromatic carboxylic acids is 2. The van der Waals surface area contributed by atoms with E-state index >= 15 is 0 Å². The summed E-state index contributed by atoms with van der Waals surface area (Å²) in [6, 6.07) is 3.55. The van der Waals surface area contributed by atoms with Crippen LogP contribution in [0.5, 0.6) is 5.75 Å². The van der Waals surface area contributed by atoms with Crippen molar-refractivity contribution in [3.8, 4) is 11.4 Å². The van der Waals surface area contributed by atoms with Gasteiger partial charge in [-0.25, -0.2) is 24.7 Å². The van der Waals surface area contributed by atoms with Gasteiger partial charge in [-0.2, -0.15) is 5.10 Å². The number of nitrogens with zero attached hydrogens (tertiary/aromatic N) is 4. The van der Waals surface area contributed by atoms with Crippen LogP contribution in [-0.4, -0.2) is 54.6 Å². The molecule has 0 aliphatic rings. The van der Waals surface area contributed by atoms with Gasteiger partial charge in [0.1, 0.15) is 5.75 Å². The highest BCUT2D eigenvalue weighted by atomic mass is 16.4. The van der Waals surface area contributed by atoms with Crippen LogP contribution in [0.25, 0.3) is 16.7 Å². The van der Waals surface area contributed by atoms with Crippen LogP contribution in [0.3, 0.4) is 0 Å². The number of benzene rings is 1. The minimum atomic E-state index is -1.29. The van der Waals surface area contributed by atoms with E-state index in [1.807, 2.05) is 0 Å². The average Bonchev–Trinajstić information content (AvgIpc) is 3.08.